The predicted molar refractivity (Wildman–Crippen MR) is 55.0 cm³/mol. The Kier molecular flexibility index (Phi) is 2.11. The molecule has 1 aromatic heterocycles. The van der Waals surface area contributed by atoms with Crippen LogP contribution in [-0.4, -0.2) is 27.4 Å². The monoisotopic (exact) mass is 210 g/mol. The van der Waals surface area contributed by atoms with E-state index in [4.69, 9.17) is 10.0 Å². The Hall–Kier alpha value is -1.24. The van der Waals surface area contributed by atoms with Gasteiger partial charge in [-0.2, -0.15) is 0 Å². The highest BCUT2D eigenvalue weighted by atomic mass is 32.1. The van der Waals surface area contributed by atoms with E-state index in [1.165, 1.54) is 12.1 Å². The van der Waals surface area contributed by atoms with Crippen LogP contribution in [0.25, 0.3) is 10.1 Å². The van der Waals surface area contributed by atoms with Crippen molar-refractivity contribution in [3.8, 4) is 11.5 Å². The number of thiophene rings is 1. The average molecular weight is 210 g/mol. The van der Waals surface area contributed by atoms with E-state index in [2.05, 4.69) is 0 Å². The van der Waals surface area contributed by atoms with E-state index in [9.17, 15) is 10.2 Å². The maximum absolute atomic E-state index is 9.56. The Labute approximate surface area is 83.8 Å². The number of phenols is 1. The van der Waals surface area contributed by atoms with Crippen molar-refractivity contribution in [3.05, 3.63) is 18.2 Å². The van der Waals surface area contributed by atoms with Gasteiger partial charge in [-0.1, -0.05) is 0 Å². The van der Waals surface area contributed by atoms with Crippen molar-refractivity contribution in [3.63, 3.8) is 0 Å². The number of rotatable bonds is 1. The standard InChI is InChI=1S/C8H7BO4S/c10-4-1-2-6-5(3-4)7(11)8(14-6)9(12)13/h1-3,10-13H. The zero-order chi connectivity index (χ0) is 10.3. The summed E-state index contributed by atoms with van der Waals surface area (Å²) in [6, 6.07) is 4.47. The molecule has 4 N–H and O–H groups in total. The SMILES string of the molecule is OB(O)c1sc2ccc(O)cc2c1O. The molecule has 1 heterocycles. The third-order valence-corrected chi connectivity index (χ3v) is 3.11. The van der Waals surface area contributed by atoms with Gasteiger partial charge in [-0.15, -0.1) is 11.3 Å². The molecule has 0 aliphatic heterocycles. The molecule has 2 rings (SSSR count). The third-order valence-electron chi connectivity index (χ3n) is 1.91. The Morgan fingerprint density at radius 2 is 1.86 bits per heavy atom. The van der Waals surface area contributed by atoms with Crippen LogP contribution >= 0.6 is 11.3 Å². The van der Waals surface area contributed by atoms with Gasteiger partial charge in [0.15, 0.2) is 0 Å². The first-order valence-electron chi connectivity index (χ1n) is 3.90. The van der Waals surface area contributed by atoms with Crippen LogP contribution in [0.15, 0.2) is 18.2 Å². The fourth-order valence-corrected chi connectivity index (χ4v) is 2.22. The van der Waals surface area contributed by atoms with Crippen molar-refractivity contribution >= 4 is 33.3 Å². The maximum atomic E-state index is 9.56. The second-order valence-corrected chi connectivity index (χ2v) is 3.95. The summed E-state index contributed by atoms with van der Waals surface area (Å²) in [4.78, 5) is 0. The minimum absolute atomic E-state index is 0.0320. The summed E-state index contributed by atoms with van der Waals surface area (Å²) in [6.07, 6.45) is 0. The summed E-state index contributed by atoms with van der Waals surface area (Å²) in [7, 11) is -1.69. The van der Waals surface area contributed by atoms with Crippen molar-refractivity contribution in [2.75, 3.05) is 0 Å². The zero-order valence-corrected chi connectivity index (χ0v) is 7.82. The Morgan fingerprint density at radius 1 is 1.14 bits per heavy atom. The van der Waals surface area contributed by atoms with Gasteiger partial charge < -0.3 is 20.3 Å². The third kappa shape index (κ3) is 1.33. The Balaban J connectivity index is 2.74. The van der Waals surface area contributed by atoms with Crippen molar-refractivity contribution in [2.24, 2.45) is 0 Å². The molecule has 2 aromatic rings. The van der Waals surface area contributed by atoms with E-state index >= 15 is 0 Å². The molecule has 0 spiro atoms. The van der Waals surface area contributed by atoms with Crippen LogP contribution in [0.2, 0.25) is 0 Å². The molecule has 1 aromatic carbocycles. The van der Waals surface area contributed by atoms with E-state index in [0.29, 0.717) is 10.1 Å². The van der Waals surface area contributed by atoms with Crippen LogP contribution < -0.4 is 4.78 Å². The van der Waals surface area contributed by atoms with E-state index < -0.39 is 7.12 Å². The number of hydrogen-bond acceptors (Lipinski definition) is 5. The number of fused-ring (bicyclic) bond motifs is 1. The van der Waals surface area contributed by atoms with E-state index in [0.717, 1.165) is 11.3 Å². The summed E-state index contributed by atoms with van der Waals surface area (Å²) in [5, 5.41) is 37.0. The number of hydrogen-bond donors (Lipinski definition) is 4. The fraction of sp³-hybridized carbons (Fsp3) is 0. The Bertz CT molecular complexity index is 479. The average Bonchev–Trinajstić information content (AvgIpc) is 2.44. The second-order valence-electron chi connectivity index (χ2n) is 2.87. The number of aromatic hydroxyl groups is 2. The van der Waals surface area contributed by atoms with Crippen LogP contribution in [0.3, 0.4) is 0 Å². The van der Waals surface area contributed by atoms with Crippen molar-refractivity contribution < 1.29 is 20.3 Å². The molecule has 0 unspecified atom stereocenters. The summed E-state index contributed by atoms with van der Waals surface area (Å²) in [5.41, 5.74) is 0. The Morgan fingerprint density at radius 3 is 2.50 bits per heavy atom. The first-order valence-corrected chi connectivity index (χ1v) is 4.72. The van der Waals surface area contributed by atoms with Crippen LogP contribution in [0, 0.1) is 0 Å². The van der Waals surface area contributed by atoms with Crippen molar-refractivity contribution in [1.29, 1.82) is 0 Å². The molecule has 6 heteroatoms. The molecular formula is C8H7BO4S. The highest BCUT2D eigenvalue weighted by Crippen LogP contribution is 2.31. The number of benzene rings is 1. The van der Waals surface area contributed by atoms with Gasteiger partial charge in [-0.05, 0) is 18.2 Å². The second kappa shape index (κ2) is 3.16. The molecule has 0 amide bonds. The molecule has 0 saturated heterocycles. The summed E-state index contributed by atoms with van der Waals surface area (Å²) in [5.74, 6) is -0.152. The highest BCUT2D eigenvalue weighted by molar-refractivity contribution is 7.28. The van der Waals surface area contributed by atoms with Gasteiger partial charge in [-0.3, -0.25) is 0 Å². The minimum Gasteiger partial charge on any atom is -0.508 e. The zero-order valence-electron chi connectivity index (χ0n) is 7.01. The molecular weight excluding hydrogens is 203 g/mol. The maximum Gasteiger partial charge on any atom is 0.502 e. The van der Waals surface area contributed by atoms with Gasteiger partial charge in [-0.25, -0.2) is 0 Å². The van der Waals surface area contributed by atoms with E-state index in [1.807, 2.05) is 0 Å². The quantitative estimate of drug-likeness (QED) is 0.499. The molecule has 14 heavy (non-hydrogen) atoms. The summed E-state index contributed by atoms with van der Waals surface area (Å²) < 4.78 is 0.786. The first-order chi connectivity index (χ1) is 6.59. The largest absolute Gasteiger partial charge is 0.508 e. The first kappa shape index (κ1) is 9.33. The van der Waals surface area contributed by atoms with Gasteiger partial charge >= 0.3 is 7.12 Å². The number of phenolic OH excluding ortho intramolecular Hbond substituents is 1. The molecule has 72 valence electrons. The van der Waals surface area contributed by atoms with Gasteiger partial charge in [0.2, 0.25) is 0 Å². The topological polar surface area (TPSA) is 80.9 Å². The normalized spacial score (nSPS) is 10.7. The lowest BCUT2D eigenvalue weighted by Gasteiger charge is -1.94. The lowest BCUT2D eigenvalue weighted by Crippen LogP contribution is -2.26. The van der Waals surface area contributed by atoms with E-state index in [1.54, 1.807) is 6.07 Å². The lowest BCUT2D eigenvalue weighted by atomic mass is 9.88. The van der Waals surface area contributed by atoms with Crippen molar-refractivity contribution in [2.45, 2.75) is 0 Å². The molecule has 0 fully saturated rings. The molecule has 0 bridgehead atoms. The molecule has 0 saturated carbocycles. The van der Waals surface area contributed by atoms with Gasteiger partial charge in [0.1, 0.15) is 11.5 Å². The van der Waals surface area contributed by atoms with Crippen LogP contribution in [0.5, 0.6) is 11.5 Å². The van der Waals surface area contributed by atoms with Gasteiger partial charge in [0.05, 0.1) is 4.78 Å². The fourth-order valence-electron chi connectivity index (χ4n) is 1.27. The summed E-state index contributed by atoms with van der Waals surface area (Å²) >= 11 is 1.08. The van der Waals surface area contributed by atoms with Gasteiger partial charge in [0, 0.05) is 10.1 Å². The molecule has 0 atom stereocenters. The van der Waals surface area contributed by atoms with Crippen LogP contribution in [-0.2, 0) is 0 Å². The lowest BCUT2D eigenvalue weighted by molar-refractivity contribution is 0.422. The highest BCUT2D eigenvalue weighted by Gasteiger charge is 2.21. The molecule has 4 nitrogen and oxygen atoms in total. The van der Waals surface area contributed by atoms with E-state index in [-0.39, 0.29) is 16.3 Å². The molecule has 0 aliphatic rings. The molecule has 0 aliphatic carbocycles. The van der Waals surface area contributed by atoms with Crippen molar-refractivity contribution in [1.82, 2.24) is 0 Å². The predicted octanol–water partition coefficient (Wildman–Crippen LogP) is -0.00770. The van der Waals surface area contributed by atoms with Crippen LogP contribution in [0.4, 0.5) is 0 Å². The van der Waals surface area contributed by atoms with Crippen LogP contribution in [0.1, 0.15) is 0 Å². The van der Waals surface area contributed by atoms with Gasteiger partial charge in [0.25, 0.3) is 0 Å². The summed E-state index contributed by atoms with van der Waals surface area (Å²) in [6.45, 7) is 0. The smallest absolute Gasteiger partial charge is 0.502 e. The minimum atomic E-state index is -1.69. The molecule has 0 radical (unpaired) electrons.